The van der Waals surface area contributed by atoms with Gasteiger partial charge in [-0.05, 0) is 6.07 Å². The predicted octanol–water partition coefficient (Wildman–Crippen LogP) is 1.00. The Balaban J connectivity index is 3.14. The monoisotopic (exact) mass is 210 g/mol. The summed E-state index contributed by atoms with van der Waals surface area (Å²) >= 11 is 0. The second-order valence-electron chi connectivity index (χ2n) is 3.16. The maximum Gasteiger partial charge on any atom is 0.273 e. The number of hydrogen-bond donors (Lipinski definition) is 1. The first-order valence-corrected chi connectivity index (χ1v) is 4.12. The number of non-ortho nitro benzene ring substituents is 1. The van der Waals surface area contributed by atoms with Gasteiger partial charge in [0.25, 0.3) is 11.6 Å². The van der Waals surface area contributed by atoms with Crippen molar-refractivity contribution < 1.29 is 14.8 Å². The summed E-state index contributed by atoms with van der Waals surface area (Å²) in [6.45, 7) is 0. The zero-order valence-electron chi connectivity index (χ0n) is 8.30. The van der Waals surface area contributed by atoms with E-state index < -0.39 is 10.8 Å². The molecule has 1 aromatic rings. The molecule has 1 N–H and O–H groups in total. The molecule has 0 heterocycles. The van der Waals surface area contributed by atoms with E-state index in [1.165, 1.54) is 31.1 Å². The van der Waals surface area contributed by atoms with Crippen molar-refractivity contribution in [3.05, 3.63) is 33.9 Å². The molecule has 0 unspecified atom stereocenters. The van der Waals surface area contributed by atoms with E-state index in [0.29, 0.717) is 0 Å². The number of rotatable bonds is 2. The van der Waals surface area contributed by atoms with Crippen LogP contribution in [0.15, 0.2) is 18.2 Å². The highest BCUT2D eigenvalue weighted by Crippen LogP contribution is 2.23. The van der Waals surface area contributed by atoms with Gasteiger partial charge in [0.1, 0.15) is 5.75 Å². The molecule has 6 heteroatoms. The van der Waals surface area contributed by atoms with E-state index in [-0.39, 0.29) is 17.0 Å². The largest absolute Gasteiger partial charge is 0.507 e. The number of aromatic hydroxyl groups is 1. The first kappa shape index (κ1) is 11.0. The van der Waals surface area contributed by atoms with Gasteiger partial charge in [0.15, 0.2) is 0 Å². The molecule has 1 amide bonds. The number of amides is 1. The highest BCUT2D eigenvalue weighted by atomic mass is 16.6. The molecule has 0 saturated heterocycles. The van der Waals surface area contributed by atoms with Crippen LogP contribution in [0.4, 0.5) is 5.69 Å². The van der Waals surface area contributed by atoms with Crippen molar-refractivity contribution in [3.63, 3.8) is 0 Å². The lowest BCUT2D eigenvalue weighted by Gasteiger charge is -2.10. The van der Waals surface area contributed by atoms with E-state index in [4.69, 9.17) is 0 Å². The summed E-state index contributed by atoms with van der Waals surface area (Å²) in [5, 5.41) is 19.8. The molecule has 0 spiro atoms. The first-order valence-electron chi connectivity index (χ1n) is 4.12. The first-order chi connectivity index (χ1) is 6.93. The Morgan fingerprint density at radius 1 is 1.47 bits per heavy atom. The topological polar surface area (TPSA) is 83.7 Å². The van der Waals surface area contributed by atoms with Gasteiger partial charge in [0.2, 0.25) is 0 Å². The van der Waals surface area contributed by atoms with Crippen LogP contribution in [0.1, 0.15) is 10.4 Å². The van der Waals surface area contributed by atoms with Crippen LogP contribution in [-0.2, 0) is 0 Å². The summed E-state index contributed by atoms with van der Waals surface area (Å²) in [4.78, 5) is 22.5. The highest BCUT2D eigenvalue weighted by molar-refractivity contribution is 5.96. The van der Waals surface area contributed by atoms with Crippen molar-refractivity contribution in [2.24, 2.45) is 0 Å². The molecule has 6 nitrogen and oxygen atoms in total. The predicted molar refractivity (Wildman–Crippen MR) is 52.8 cm³/mol. The van der Waals surface area contributed by atoms with Crippen molar-refractivity contribution in [2.75, 3.05) is 14.1 Å². The number of nitro benzene ring substituents is 1. The molecule has 0 aromatic heterocycles. The van der Waals surface area contributed by atoms with Crippen LogP contribution < -0.4 is 0 Å². The summed E-state index contributed by atoms with van der Waals surface area (Å²) in [7, 11) is 3.06. The molecule has 0 bridgehead atoms. The van der Waals surface area contributed by atoms with Crippen molar-refractivity contribution in [2.45, 2.75) is 0 Å². The Hall–Kier alpha value is -2.11. The van der Waals surface area contributed by atoms with Crippen molar-refractivity contribution in [1.82, 2.24) is 4.90 Å². The average molecular weight is 210 g/mol. The number of phenolic OH excluding ortho intramolecular Hbond substituents is 1. The molecule has 0 aliphatic carbocycles. The van der Waals surface area contributed by atoms with E-state index in [1.54, 1.807) is 0 Å². The second-order valence-corrected chi connectivity index (χ2v) is 3.16. The number of nitro groups is 1. The molecule has 0 aliphatic rings. The number of carbonyl (C=O) groups excluding carboxylic acids is 1. The van der Waals surface area contributed by atoms with Gasteiger partial charge in [-0.2, -0.15) is 0 Å². The maximum absolute atomic E-state index is 11.4. The van der Waals surface area contributed by atoms with E-state index in [9.17, 15) is 20.0 Å². The molecular formula is C9H10N2O4. The van der Waals surface area contributed by atoms with E-state index in [0.717, 1.165) is 6.07 Å². The minimum atomic E-state index is -0.635. The summed E-state index contributed by atoms with van der Waals surface area (Å²) in [5.41, 5.74) is -0.201. The van der Waals surface area contributed by atoms with Crippen LogP contribution in [0.25, 0.3) is 0 Å². The maximum atomic E-state index is 11.4. The fraction of sp³-hybridized carbons (Fsp3) is 0.222. The number of hydrogen-bond acceptors (Lipinski definition) is 4. The molecule has 80 valence electrons. The lowest BCUT2D eigenvalue weighted by molar-refractivity contribution is -0.384. The van der Waals surface area contributed by atoms with Crippen LogP contribution in [0, 0.1) is 10.1 Å². The number of carbonyl (C=O) groups is 1. The van der Waals surface area contributed by atoms with Gasteiger partial charge < -0.3 is 10.0 Å². The van der Waals surface area contributed by atoms with Crippen molar-refractivity contribution >= 4 is 11.6 Å². The van der Waals surface area contributed by atoms with Gasteiger partial charge in [-0.15, -0.1) is 0 Å². The summed E-state index contributed by atoms with van der Waals surface area (Å²) < 4.78 is 0. The number of phenols is 1. The van der Waals surface area contributed by atoms with Gasteiger partial charge in [-0.3, -0.25) is 14.9 Å². The Bertz CT molecular complexity index is 415. The third-order valence-electron chi connectivity index (χ3n) is 1.83. The average Bonchev–Trinajstić information content (AvgIpc) is 2.16. The lowest BCUT2D eigenvalue weighted by Crippen LogP contribution is -2.21. The quantitative estimate of drug-likeness (QED) is 0.583. The third kappa shape index (κ3) is 2.22. The van der Waals surface area contributed by atoms with Gasteiger partial charge in [0, 0.05) is 20.2 Å². The second kappa shape index (κ2) is 3.95. The third-order valence-corrected chi connectivity index (χ3v) is 1.83. The van der Waals surface area contributed by atoms with Crippen LogP contribution in [0.5, 0.6) is 5.75 Å². The lowest BCUT2D eigenvalue weighted by atomic mass is 10.1. The van der Waals surface area contributed by atoms with Crippen LogP contribution in [-0.4, -0.2) is 34.9 Å². The molecule has 1 rings (SSSR count). The van der Waals surface area contributed by atoms with Gasteiger partial charge in [-0.1, -0.05) is 0 Å². The summed E-state index contributed by atoms with van der Waals surface area (Å²) in [5.74, 6) is -0.787. The van der Waals surface area contributed by atoms with E-state index in [1.807, 2.05) is 0 Å². The minimum Gasteiger partial charge on any atom is -0.507 e. The Labute approximate surface area is 85.9 Å². The number of nitrogens with zero attached hydrogens (tertiary/aromatic N) is 2. The molecule has 0 radical (unpaired) electrons. The fourth-order valence-corrected chi connectivity index (χ4v) is 1.06. The van der Waals surface area contributed by atoms with Crippen LogP contribution in [0.3, 0.4) is 0 Å². The van der Waals surface area contributed by atoms with Crippen molar-refractivity contribution in [1.29, 1.82) is 0 Å². The smallest absolute Gasteiger partial charge is 0.273 e. The highest BCUT2D eigenvalue weighted by Gasteiger charge is 2.16. The van der Waals surface area contributed by atoms with Crippen LogP contribution in [0.2, 0.25) is 0 Å². The van der Waals surface area contributed by atoms with Crippen LogP contribution >= 0.6 is 0 Å². The fourth-order valence-electron chi connectivity index (χ4n) is 1.06. The SMILES string of the molecule is CN(C)C(=O)c1ccc([N+](=O)[O-])cc1O. The van der Waals surface area contributed by atoms with Gasteiger partial charge in [-0.25, -0.2) is 0 Å². The molecule has 0 fully saturated rings. The summed E-state index contributed by atoms with van der Waals surface area (Å²) in [6.07, 6.45) is 0. The van der Waals surface area contributed by atoms with Gasteiger partial charge in [0.05, 0.1) is 16.6 Å². The molecule has 1 aromatic carbocycles. The standard InChI is InChI=1S/C9H10N2O4/c1-10(2)9(13)7-4-3-6(11(14)15)5-8(7)12/h3-5,12H,1-2H3. The van der Waals surface area contributed by atoms with Gasteiger partial charge >= 0.3 is 0 Å². The number of benzene rings is 1. The zero-order valence-corrected chi connectivity index (χ0v) is 8.30. The summed E-state index contributed by atoms with van der Waals surface area (Å²) in [6, 6.07) is 3.36. The molecular weight excluding hydrogens is 200 g/mol. The van der Waals surface area contributed by atoms with Crippen molar-refractivity contribution in [3.8, 4) is 5.75 Å². The molecule has 0 saturated carbocycles. The van der Waals surface area contributed by atoms with E-state index in [2.05, 4.69) is 0 Å². The Kier molecular flexibility index (Phi) is 2.89. The Morgan fingerprint density at radius 2 is 2.07 bits per heavy atom. The molecule has 15 heavy (non-hydrogen) atoms. The van der Waals surface area contributed by atoms with E-state index >= 15 is 0 Å². The zero-order chi connectivity index (χ0) is 11.6. The molecule has 0 atom stereocenters. The normalized spacial score (nSPS) is 9.73. The minimum absolute atomic E-state index is 0.0469. The Morgan fingerprint density at radius 3 is 2.47 bits per heavy atom. The molecule has 0 aliphatic heterocycles.